The van der Waals surface area contributed by atoms with Gasteiger partial charge in [-0.05, 0) is 13.0 Å². The highest BCUT2D eigenvalue weighted by Gasteiger charge is 2.31. The van der Waals surface area contributed by atoms with Crippen LogP contribution in [0, 0.1) is 0 Å². The van der Waals surface area contributed by atoms with E-state index >= 15 is 0 Å². The molecule has 0 aliphatic rings. The Balaban J connectivity index is 0.00000289. The lowest BCUT2D eigenvalue weighted by molar-refractivity contribution is -0.142. The van der Waals surface area contributed by atoms with Crippen molar-refractivity contribution in [1.82, 2.24) is 34.2 Å². The van der Waals surface area contributed by atoms with E-state index in [-0.39, 0.29) is 25.6 Å². The summed E-state index contributed by atoms with van der Waals surface area (Å²) in [6, 6.07) is 0.901. The Kier molecular flexibility index (Phi) is 6.86. The number of rotatable bonds is 7. The van der Waals surface area contributed by atoms with Crippen LogP contribution in [0.5, 0.6) is 0 Å². The molecule has 0 aliphatic heterocycles. The van der Waals surface area contributed by atoms with Gasteiger partial charge in [-0.3, -0.25) is 9.36 Å². The van der Waals surface area contributed by atoms with Gasteiger partial charge in [0.2, 0.25) is 0 Å². The topological polar surface area (TPSA) is 106 Å². The first kappa shape index (κ1) is 23.7. The molecular formula is C19H21ClF3N7O2. The van der Waals surface area contributed by atoms with E-state index in [0.29, 0.717) is 28.0 Å². The van der Waals surface area contributed by atoms with Crippen molar-refractivity contribution >= 4 is 17.9 Å². The number of aliphatic hydroxyl groups is 2. The van der Waals surface area contributed by atoms with Gasteiger partial charge in [-0.2, -0.15) is 28.5 Å². The summed E-state index contributed by atoms with van der Waals surface area (Å²) >= 11 is 0. The van der Waals surface area contributed by atoms with Crippen molar-refractivity contribution in [3.05, 3.63) is 43.2 Å². The maximum absolute atomic E-state index is 12.7. The molecule has 0 saturated heterocycles. The summed E-state index contributed by atoms with van der Waals surface area (Å²) < 4.78 is 42.6. The highest BCUT2D eigenvalue weighted by molar-refractivity contribution is 5.85. The van der Waals surface area contributed by atoms with Gasteiger partial charge in [0, 0.05) is 23.5 Å². The van der Waals surface area contributed by atoms with Crippen molar-refractivity contribution in [3.63, 3.8) is 0 Å². The summed E-state index contributed by atoms with van der Waals surface area (Å²) in [6.45, 7) is 1.20. The van der Waals surface area contributed by atoms with Gasteiger partial charge >= 0.3 is 6.18 Å². The zero-order valence-corrected chi connectivity index (χ0v) is 17.7. The molecule has 172 valence electrons. The fraction of sp³-hybridized carbons (Fsp3) is 0.368. The van der Waals surface area contributed by atoms with Gasteiger partial charge in [-0.1, -0.05) is 0 Å². The van der Waals surface area contributed by atoms with Crippen LogP contribution in [0.4, 0.5) is 13.2 Å². The van der Waals surface area contributed by atoms with Crippen LogP contribution in [0.25, 0.3) is 28.0 Å². The van der Waals surface area contributed by atoms with E-state index in [1.54, 1.807) is 35.4 Å². The summed E-state index contributed by atoms with van der Waals surface area (Å²) in [5, 5.41) is 31.1. The Morgan fingerprint density at radius 3 is 2.53 bits per heavy atom. The lowest BCUT2D eigenvalue weighted by Gasteiger charge is -2.14. The monoisotopic (exact) mass is 471 g/mol. The summed E-state index contributed by atoms with van der Waals surface area (Å²) in [5.41, 5.74) is 2.94. The van der Waals surface area contributed by atoms with Crippen molar-refractivity contribution < 1.29 is 23.4 Å². The van der Waals surface area contributed by atoms with Crippen molar-refractivity contribution in [2.75, 3.05) is 6.61 Å². The van der Waals surface area contributed by atoms with Crippen molar-refractivity contribution in [3.8, 4) is 22.5 Å². The molecule has 13 heteroatoms. The maximum atomic E-state index is 12.7. The average Bonchev–Trinajstić information content (AvgIpc) is 3.45. The number of aromatic nitrogens is 7. The second-order valence-corrected chi connectivity index (χ2v) is 7.30. The van der Waals surface area contributed by atoms with Crippen LogP contribution in [-0.2, 0) is 6.54 Å². The van der Waals surface area contributed by atoms with Crippen LogP contribution in [0.3, 0.4) is 0 Å². The van der Waals surface area contributed by atoms with Crippen molar-refractivity contribution in [2.24, 2.45) is 0 Å². The van der Waals surface area contributed by atoms with E-state index in [1.165, 1.54) is 28.7 Å². The van der Waals surface area contributed by atoms with Gasteiger partial charge in [-0.15, -0.1) is 12.4 Å². The number of alkyl halides is 3. The Bertz CT molecular complexity index is 1190. The van der Waals surface area contributed by atoms with Gasteiger partial charge in [0.1, 0.15) is 0 Å². The first-order valence-corrected chi connectivity index (χ1v) is 9.51. The minimum absolute atomic E-state index is 0. The fourth-order valence-corrected chi connectivity index (χ4v) is 3.28. The number of nitrogens with zero attached hydrogens (tertiary/aromatic N) is 7. The van der Waals surface area contributed by atoms with Gasteiger partial charge < -0.3 is 10.2 Å². The smallest absolute Gasteiger partial charge is 0.391 e. The van der Waals surface area contributed by atoms with E-state index in [1.807, 2.05) is 0 Å². The SMILES string of the molecule is C[C@@H](CC(F)(F)F)n1cc(-c2nc(-c3cnn(C[C@@H](O)CO)c3)cn3nccc23)cn1.Cl. The zero-order valence-electron chi connectivity index (χ0n) is 16.9. The summed E-state index contributed by atoms with van der Waals surface area (Å²) in [7, 11) is 0. The van der Waals surface area contributed by atoms with Gasteiger partial charge in [0.15, 0.2) is 0 Å². The molecule has 2 atom stereocenters. The number of aliphatic hydroxyl groups excluding tert-OH is 2. The van der Waals surface area contributed by atoms with Crippen molar-refractivity contribution in [2.45, 2.75) is 38.2 Å². The molecule has 4 aromatic rings. The fourth-order valence-electron chi connectivity index (χ4n) is 3.28. The van der Waals surface area contributed by atoms with Crippen LogP contribution < -0.4 is 0 Å². The van der Waals surface area contributed by atoms with Crippen LogP contribution >= 0.6 is 12.4 Å². The molecule has 0 radical (unpaired) electrons. The molecule has 0 spiro atoms. The van der Waals surface area contributed by atoms with E-state index in [4.69, 9.17) is 5.11 Å². The van der Waals surface area contributed by atoms with Gasteiger partial charge in [-0.25, -0.2) is 9.50 Å². The third-order valence-corrected chi connectivity index (χ3v) is 4.78. The highest BCUT2D eigenvalue weighted by Crippen LogP contribution is 2.30. The normalized spacial score (nSPS) is 13.8. The molecule has 0 bridgehead atoms. The largest absolute Gasteiger partial charge is 0.394 e. The number of hydrogen-bond donors (Lipinski definition) is 2. The Hall–Kier alpha value is -2.96. The summed E-state index contributed by atoms with van der Waals surface area (Å²) in [5.74, 6) is 0. The van der Waals surface area contributed by atoms with Crippen molar-refractivity contribution in [1.29, 1.82) is 0 Å². The first-order valence-electron chi connectivity index (χ1n) is 9.51. The second-order valence-electron chi connectivity index (χ2n) is 7.30. The molecule has 9 nitrogen and oxygen atoms in total. The standard InChI is InChI=1S/C19H20F3N7O2.ClH/c1-12(4-19(20,21)22)28-8-14(6-25-28)18-17-2-3-23-29(17)10-16(26-18)13-5-24-27(7-13)9-15(31)11-30;/h2-3,5-8,10,12,15,30-31H,4,9,11H2,1H3;1H/t12-,15+;/m0./s1. The van der Waals surface area contributed by atoms with Gasteiger partial charge in [0.25, 0.3) is 0 Å². The molecule has 2 N–H and O–H groups in total. The van der Waals surface area contributed by atoms with E-state index in [9.17, 15) is 18.3 Å². The van der Waals surface area contributed by atoms with Crippen LogP contribution in [0.2, 0.25) is 0 Å². The zero-order chi connectivity index (χ0) is 22.2. The van der Waals surface area contributed by atoms with E-state index < -0.39 is 24.7 Å². The predicted octanol–water partition coefficient (Wildman–Crippen LogP) is 2.74. The van der Waals surface area contributed by atoms with Crippen LogP contribution in [0.15, 0.2) is 43.2 Å². The minimum atomic E-state index is -4.29. The predicted molar refractivity (Wildman–Crippen MR) is 111 cm³/mol. The molecular weight excluding hydrogens is 451 g/mol. The van der Waals surface area contributed by atoms with E-state index in [2.05, 4.69) is 20.3 Å². The molecule has 0 fully saturated rings. The lowest BCUT2D eigenvalue weighted by atomic mass is 10.2. The number of halogens is 4. The molecule has 0 amide bonds. The van der Waals surface area contributed by atoms with Crippen LogP contribution in [0.1, 0.15) is 19.4 Å². The molecule has 0 aliphatic carbocycles. The van der Waals surface area contributed by atoms with E-state index in [0.717, 1.165) is 0 Å². The molecule has 4 aromatic heterocycles. The quantitative estimate of drug-likeness (QED) is 0.429. The molecule has 0 saturated carbocycles. The Labute approximate surface area is 186 Å². The molecule has 0 aromatic carbocycles. The van der Waals surface area contributed by atoms with Crippen LogP contribution in [-0.4, -0.2) is 63.3 Å². The third kappa shape index (κ3) is 5.09. The average molecular weight is 472 g/mol. The van der Waals surface area contributed by atoms with Gasteiger partial charge in [0.05, 0.1) is 73.4 Å². The molecule has 0 unspecified atom stereocenters. The summed E-state index contributed by atoms with van der Waals surface area (Å²) in [6.07, 6.45) is 3.37. The highest BCUT2D eigenvalue weighted by atomic mass is 35.5. The lowest BCUT2D eigenvalue weighted by Crippen LogP contribution is -2.19. The Morgan fingerprint density at radius 1 is 1.06 bits per heavy atom. The number of fused-ring (bicyclic) bond motifs is 1. The third-order valence-electron chi connectivity index (χ3n) is 4.78. The Morgan fingerprint density at radius 2 is 1.81 bits per heavy atom. The summed E-state index contributed by atoms with van der Waals surface area (Å²) in [4.78, 5) is 4.67. The molecule has 4 heterocycles. The second kappa shape index (κ2) is 9.27. The molecule has 32 heavy (non-hydrogen) atoms. The minimum Gasteiger partial charge on any atom is -0.394 e. The maximum Gasteiger partial charge on any atom is 0.391 e. The molecule has 4 rings (SSSR count). The number of hydrogen-bond acceptors (Lipinski definition) is 6. The first-order chi connectivity index (χ1) is 14.7.